The maximum atomic E-state index is 9.93. The molecule has 0 aromatic heterocycles. The lowest BCUT2D eigenvalue weighted by Gasteiger charge is -2.47. The molecule has 0 radical (unpaired) electrons. The Hall–Kier alpha value is -1.12. The molecule has 1 N–H and O–H groups in total. The van der Waals surface area contributed by atoms with Crippen LogP contribution in [0.5, 0.6) is 0 Å². The van der Waals surface area contributed by atoms with E-state index >= 15 is 0 Å². The van der Waals surface area contributed by atoms with Crippen molar-refractivity contribution in [1.82, 2.24) is 4.90 Å². The fourth-order valence-electron chi connectivity index (χ4n) is 4.08. The molecule has 2 nitrogen and oxygen atoms in total. The van der Waals surface area contributed by atoms with Crippen LogP contribution >= 0.6 is 0 Å². The first-order chi connectivity index (χ1) is 9.81. The molecule has 20 heavy (non-hydrogen) atoms. The maximum absolute atomic E-state index is 9.93. The molecule has 2 aliphatic rings. The fourth-order valence-corrected chi connectivity index (χ4v) is 4.08. The Morgan fingerprint density at radius 3 is 2.80 bits per heavy atom. The zero-order valence-electron chi connectivity index (χ0n) is 12.3. The molecular weight excluding hydrogens is 246 g/mol. The number of piperidine rings is 1. The van der Waals surface area contributed by atoms with Gasteiger partial charge < -0.3 is 5.11 Å². The van der Waals surface area contributed by atoms with Crippen LogP contribution < -0.4 is 0 Å². The van der Waals surface area contributed by atoms with Gasteiger partial charge in [0, 0.05) is 6.04 Å². The Balaban J connectivity index is 1.86. The van der Waals surface area contributed by atoms with E-state index in [9.17, 15) is 5.11 Å². The highest BCUT2D eigenvalue weighted by molar-refractivity contribution is 5.21. The summed E-state index contributed by atoms with van der Waals surface area (Å²) in [6.45, 7) is 3.63. The van der Waals surface area contributed by atoms with E-state index in [1.165, 1.54) is 31.2 Å². The van der Waals surface area contributed by atoms with Crippen molar-refractivity contribution in [1.29, 1.82) is 0 Å². The molecule has 1 fully saturated rings. The second kappa shape index (κ2) is 6.11. The zero-order chi connectivity index (χ0) is 13.9. The summed E-state index contributed by atoms with van der Waals surface area (Å²) in [7, 11) is 0. The van der Waals surface area contributed by atoms with Gasteiger partial charge in [-0.2, -0.15) is 0 Å². The van der Waals surface area contributed by atoms with E-state index in [-0.39, 0.29) is 12.6 Å². The van der Waals surface area contributed by atoms with Gasteiger partial charge in [-0.05, 0) is 50.6 Å². The lowest BCUT2D eigenvalue weighted by atomic mass is 9.77. The van der Waals surface area contributed by atoms with E-state index in [2.05, 4.69) is 42.2 Å². The van der Waals surface area contributed by atoms with Gasteiger partial charge in [-0.1, -0.05) is 42.0 Å². The standard InChI is InChI=1S/C18H25NO/c1-14-7-5-11-17-16(14)10-6-12-19(17)18(13-20)15-8-3-2-4-9-15/h2-4,7-9,16-18,20H,5-6,10-13H2,1H3/t16-,17-,18-/m0/s1. The third kappa shape index (κ3) is 2.55. The van der Waals surface area contributed by atoms with Crippen molar-refractivity contribution in [3.8, 4) is 0 Å². The minimum absolute atomic E-state index is 0.162. The molecule has 1 heterocycles. The molecule has 1 aliphatic heterocycles. The smallest absolute Gasteiger partial charge is 0.0628 e. The largest absolute Gasteiger partial charge is 0.394 e. The normalized spacial score (nSPS) is 28.6. The number of benzene rings is 1. The molecule has 1 aromatic rings. The first-order valence-corrected chi connectivity index (χ1v) is 7.89. The minimum Gasteiger partial charge on any atom is -0.394 e. The molecule has 3 atom stereocenters. The number of allylic oxidation sites excluding steroid dienone is 1. The lowest BCUT2D eigenvalue weighted by Crippen LogP contribution is -2.49. The van der Waals surface area contributed by atoms with Crippen LogP contribution in [0.25, 0.3) is 0 Å². The number of hydrogen-bond donors (Lipinski definition) is 1. The topological polar surface area (TPSA) is 23.5 Å². The van der Waals surface area contributed by atoms with Crippen molar-refractivity contribution in [3.63, 3.8) is 0 Å². The monoisotopic (exact) mass is 271 g/mol. The number of aliphatic hydroxyl groups is 1. The number of hydrogen-bond acceptors (Lipinski definition) is 2. The molecule has 0 saturated carbocycles. The molecular formula is C18H25NO. The van der Waals surface area contributed by atoms with Gasteiger partial charge in [0.15, 0.2) is 0 Å². The van der Waals surface area contributed by atoms with Gasteiger partial charge in [-0.3, -0.25) is 4.90 Å². The fraction of sp³-hybridized carbons (Fsp3) is 0.556. The summed E-state index contributed by atoms with van der Waals surface area (Å²) in [5.41, 5.74) is 2.82. The van der Waals surface area contributed by atoms with Gasteiger partial charge in [-0.15, -0.1) is 0 Å². The van der Waals surface area contributed by atoms with Crippen LogP contribution in [0.2, 0.25) is 0 Å². The van der Waals surface area contributed by atoms with Crippen LogP contribution in [0.4, 0.5) is 0 Å². The van der Waals surface area contributed by atoms with Crippen molar-refractivity contribution in [2.45, 2.75) is 44.7 Å². The summed E-state index contributed by atoms with van der Waals surface area (Å²) in [4.78, 5) is 2.57. The van der Waals surface area contributed by atoms with Gasteiger partial charge in [-0.25, -0.2) is 0 Å². The molecule has 0 amide bonds. The Bertz CT molecular complexity index is 468. The number of aliphatic hydroxyl groups excluding tert-OH is 1. The average Bonchev–Trinajstić information content (AvgIpc) is 2.50. The van der Waals surface area contributed by atoms with Gasteiger partial charge in [0.2, 0.25) is 0 Å². The Labute approximate surface area is 122 Å². The van der Waals surface area contributed by atoms with Gasteiger partial charge in [0.1, 0.15) is 0 Å². The number of nitrogens with zero attached hydrogens (tertiary/aromatic N) is 1. The number of likely N-dealkylation sites (tertiary alicyclic amines) is 1. The molecule has 0 unspecified atom stereocenters. The van der Waals surface area contributed by atoms with Gasteiger partial charge >= 0.3 is 0 Å². The van der Waals surface area contributed by atoms with E-state index in [0.29, 0.717) is 12.0 Å². The number of rotatable bonds is 3. The summed E-state index contributed by atoms with van der Waals surface area (Å²) in [5.74, 6) is 0.704. The SMILES string of the molecule is CC1=CCC[C@H]2[C@H]1CCCN2[C@@H](CO)c1ccccc1. The quantitative estimate of drug-likeness (QED) is 0.850. The van der Waals surface area contributed by atoms with E-state index in [1.54, 1.807) is 5.57 Å². The Kier molecular flexibility index (Phi) is 4.23. The summed E-state index contributed by atoms with van der Waals surface area (Å²) in [5, 5.41) is 9.93. The van der Waals surface area contributed by atoms with Crippen LogP contribution in [0.15, 0.2) is 42.0 Å². The lowest BCUT2D eigenvalue weighted by molar-refractivity contribution is 0.0265. The van der Waals surface area contributed by atoms with Crippen molar-refractivity contribution in [2.75, 3.05) is 13.2 Å². The predicted octanol–water partition coefficient (Wildman–Crippen LogP) is 3.54. The second-order valence-corrected chi connectivity index (χ2v) is 6.19. The summed E-state index contributed by atoms with van der Waals surface area (Å²) >= 11 is 0. The van der Waals surface area contributed by atoms with Gasteiger partial charge in [0.05, 0.1) is 12.6 Å². The van der Waals surface area contributed by atoms with E-state index < -0.39 is 0 Å². The Morgan fingerprint density at radius 2 is 2.05 bits per heavy atom. The second-order valence-electron chi connectivity index (χ2n) is 6.19. The van der Waals surface area contributed by atoms with Crippen LogP contribution in [-0.2, 0) is 0 Å². The number of fused-ring (bicyclic) bond motifs is 1. The molecule has 1 aliphatic carbocycles. The third-order valence-electron chi connectivity index (χ3n) is 5.09. The van der Waals surface area contributed by atoms with E-state index in [4.69, 9.17) is 0 Å². The van der Waals surface area contributed by atoms with Crippen molar-refractivity contribution < 1.29 is 5.11 Å². The van der Waals surface area contributed by atoms with Crippen molar-refractivity contribution in [2.24, 2.45) is 5.92 Å². The van der Waals surface area contributed by atoms with Crippen LogP contribution in [0.1, 0.15) is 44.2 Å². The summed E-state index contributed by atoms with van der Waals surface area (Å²) < 4.78 is 0. The molecule has 3 rings (SSSR count). The zero-order valence-corrected chi connectivity index (χ0v) is 12.3. The van der Waals surface area contributed by atoms with E-state index in [0.717, 1.165) is 6.54 Å². The van der Waals surface area contributed by atoms with E-state index in [1.807, 2.05) is 6.07 Å². The molecule has 0 spiro atoms. The minimum atomic E-state index is 0.162. The predicted molar refractivity (Wildman–Crippen MR) is 82.5 cm³/mol. The first kappa shape index (κ1) is 13.8. The van der Waals surface area contributed by atoms with Crippen LogP contribution in [0.3, 0.4) is 0 Å². The van der Waals surface area contributed by atoms with Crippen LogP contribution in [0, 0.1) is 5.92 Å². The molecule has 1 saturated heterocycles. The summed E-state index contributed by atoms with van der Waals surface area (Å²) in [6, 6.07) is 11.3. The average molecular weight is 271 g/mol. The first-order valence-electron chi connectivity index (χ1n) is 7.89. The van der Waals surface area contributed by atoms with Gasteiger partial charge in [0.25, 0.3) is 0 Å². The summed E-state index contributed by atoms with van der Waals surface area (Å²) in [6.07, 6.45) is 7.41. The van der Waals surface area contributed by atoms with Crippen molar-refractivity contribution >= 4 is 0 Å². The molecule has 1 aromatic carbocycles. The highest BCUT2D eigenvalue weighted by Gasteiger charge is 2.37. The van der Waals surface area contributed by atoms with Crippen molar-refractivity contribution in [3.05, 3.63) is 47.5 Å². The highest BCUT2D eigenvalue weighted by atomic mass is 16.3. The maximum Gasteiger partial charge on any atom is 0.0628 e. The third-order valence-corrected chi connectivity index (χ3v) is 5.09. The highest BCUT2D eigenvalue weighted by Crippen LogP contribution is 2.39. The van der Waals surface area contributed by atoms with Crippen LogP contribution in [-0.4, -0.2) is 29.2 Å². The molecule has 2 heteroatoms. The molecule has 0 bridgehead atoms. The molecule has 108 valence electrons. The Morgan fingerprint density at radius 1 is 1.25 bits per heavy atom.